The molecule has 0 unspecified atom stereocenters. The molecule has 0 bridgehead atoms. The molecule has 1 aliphatic carbocycles. The van der Waals surface area contributed by atoms with Crippen molar-refractivity contribution in [3.05, 3.63) is 192 Å². The highest BCUT2D eigenvalue weighted by Gasteiger charge is 2.60. The average Bonchev–Trinajstić information content (AvgIpc) is 3.52. The molecule has 0 aromatic heterocycles. The number of para-hydroxylation sites is 2. The maximum Gasteiger partial charge on any atom is 0.0579 e. The van der Waals surface area contributed by atoms with Gasteiger partial charge in [-0.25, -0.2) is 0 Å². The first-order chi connectivity index (χ1) is 27.4. The zero-order valence-electron chi connectivity index (χ0n) is 34.6. The van der Waals surface area contributed by atoms with Crippen LogP contribution in [0.4, 0.5) is 34.1 Å². The van der Waals surface area contributed by atoms with Gasteiger partial charge >= 0.3 is 0 Å². The van der Waals surface area contributed by atoms with Crippen molar-refractivity contribution in [2.45, 2.75) is 57.8 Å². The third kappa shape index (κ3) is 5.97. The van der Waals surface area contributed by atoms with Crippen LogP contribution in [0.25, 0.3) is 32.7 Å². The summed E-state index contributed by atoms with van der Waals surface area (Å²) in [6.45, 7) is 20.1. The Labute approximate surface area is 341 Å². The molecular formula is C53H52N2Si2. The van der Waals surface area contributed by atoms with Crippen LogP contribution in [-0.2, 0) is 4.66 Å². The molecule has 0 atom stereocenters. The van der Waals surface area contributed by atoms with E-state index in [0.717, 1.165) is 11.4 Å². The first-order valence-electron chi connectivity index (χ1n) is 20.4. The Bertz CT molecular complexity index is 2600. The Kier molecular flexibility index (Phi) is 8.91. The lowest BCUT2D eigenvalue weighted by Gasteiger charge is -2.52. The summed E-state index contributed by atoms with van der Waals surface area (Å²) in [6, 6.07) is 63.5. The van der Waals surface area contributed by atoms with Crippen molar-refractivity contribution in [1.82, 2.24) is 0 Å². The Morgan fingerprint density at radius 2 is 0.719 bits per heavy atom. The average molecular weight is 773 g/mol. The fraction of sp³-hybridized carbons (Fsp3) is 0.170. The predicted molar refractivity (Wildman–Crippen MR) is 253 cm³/mol. The summed E-state index contributed by atoms with van der Waals surface area (Å²) >= 11 is 0. The highest BCUT2D eigenvalue weighted by Crippen LogP contribution is 2.61. The maximum absolute atomic E-state index is 2.63. The number of fused-ring (bicyclic) bond motifs is 7. The fourth-order valence-electron chi connectivity index (χ4n) is 10.5. The van der Waals surface area contributed by atoms with E-state index in [1.54, 1.807) is 11.1 Å². The van der Waals surface area contributed by atoms with Crippen molar-refractivity contribution in [2.75, 3.05) is 9.80 Å². The Morgan fingerprint density at radius 1 is 0.351 bits per heavy atom. The smallest absolute Gasteiger partial charge is 0.0579 e. The van der Waals surface area contributed by atoms with Crippen molar-refractivity contribution in [1.29, 1.82) is 0 Å². The Balaban J connectivity index is 1.27. The molecule has 0 fully saturated rings. The summed E-state index contributed by atoms with van der Waals surface area (Å²) < 4.78 is -0.0297. The van der Waals surface area contributed by atoms with Crippen molar-refractivity contribution < 1.29 is 0 Å². The van der Waals surface area contributed by atoms with Crippen molar-refractivity contribution >= 4 is 71.8 Å². The van der Waals surface area contributed by atoms with Gasteiger partial charge in [0.1, 0.15) is 0 Å². The topological polar surface area (TPSA) is 6.48 Å². The number of anilines is 6. The van der Waals surface area contributed by atoms with Crippen LogP contribution in [0.15, 0.2) is 170 Å². The molecule has 0 N–H and O–H groups in total. The summed E-state index contributed by atoms with van der Waals surface area (Å²) in [5.74, 6) is 0. The van der Waals surface area contributed by atoms with Crippen LogP contribution in [0.1, 0.15) is 22.3 Å². The number of hydrogen-bond donors (Lipinski definition) is 0. The number of aryl methyl sites for hydroxylation is 2. The zero-order valence-corrected chi connectivity index (χ0v) is 36.6. The van der Waals surface area contributed by atoms with E-state index < -0.39 is 16.1 Å². The molecule has 57 heavy (non-hydrogen) atoms. The highest BCUT2D eigenvalue weighted by molar-refractivity contribution is 7.00. The fourth-order valence-corrected chi connectivity index (χ4v) is 23.6. The molecule has 0 heterocycles. The normalized spacial score (nSPS) is 13.4. The van der Waals surface area contributed by atoms with Crippen LogP contribution in [0, 0.1) is 13.8 Å². The monoisotopic (exact) mass is 772 g/mol. The third-order valence-corrected chi connectivity index (χ3v) is 22.4. The van der Waals surface area contributed by atoms with Gasteiger partial charge in [0.25, 0.3) is 0 Å². The second kappa shape index (κ2) is 13.8. The van der Waals surface area contributed by atoms with E-state index in [4.69, 9.17) is 0 Å². The van der Waals surface area contributed by atoms with Gasteiger partial charge in [0.05, 0.1) is 16.1 Å². The van der Waals surface area contributed by atoms with E-state index in [9.17, 15) is 0 Å². The first kappa shape index (κ1) is 36.9. The summed E-state index contributed by atoms with van der Waals surface area (Å²) in [5.41, 5.74) is 15.5. The largest absolute Gasteiger partial charge is 0.310 e. The Morgan fingerprint density at radius 3 is 1.09 bits per heavy atom. The van der Waals surface area contributed by atoms with Crippen LogP contribution in [0.2, 0.25) is 39.3 Å². The van der Waals surface area contributed by atoms with Gasteiger partial charge in [-0.2, -0.15) is 0 Å². The number of rotatable bonds is 8. The molecule has 0 saturated carbocycles. The van der Waals surface area contributed by atoms with Crippen molar-refractivity contribution in [3.63, 3.8) is 0 Å². The molecule has 0 amide bonds. The lowest BCUT2D eigenvalue weighted by atomic mass is 9.97. The first-order valence-corrected chi connectivity index (χ1v) is 27.4. The van der Waals surface area contributed by atoms with Gasteiger partial charge in [-0.05, 0) is 142 Å². The second-order valence-corrected chi connectivity index (χ2v) is 29.1. The van der Waals surface area contributed by atoms with E-state index in [2.05, 4.69) is 233 Å². The van der Waals surface area contributed by atoms with Gasteiger partial charge in [-0.3, -0.25) is 0 Å². The summed E-state index contributed by atoms with van der Waals surface area (Å²) in [6.07, 6.45) is 0. The summed E-state index contributed by atoms with van der Waals surface area (Å²) in [5, 5.41) is 5.40. The van der Waals surface area contributed by atoms with E-state index >= 15 is 0 Å². The van der Waals surface area contributed by atoms with Gasteiger partial charge in [-0.1, -0.05) is 136 Å². The minimum atomic E-state index is -2.00. The van der Waals surface area contributed by atoms with E-state index in [1.165, 1.54) is 66.5 Å². The lowest BCUT2D eigenvalue weighted by Crippen LogP contribution is -2.63. The minimum Gasteiger partial charge on any atom is -0.310 e. The third-order valence-electron chi connectivity index (χ3n) is 12.4. The summed E-state index contributed by atoms with van der Waals surface area (Å²) in [7, 11) is -4.00. The molecule has 0 aliphatic heterocycles. The molecule has 9 rings (SSSR count). The molecule has 0 radical (unpaired) electrons. The van der Waals surface area contributed by atoms with E-state index in [0.29, 0.717) is 0 Å². The summed E-state index contributed by atoms with van der Waals surface area (Å²) in [4.78, 5) is 4.80. The molecule has 8 aromatic rings. The molecule has 0 spiro atoms. The van der Waals surface area contributed by atoms with Crippen LogP contribution in [0.3, 0.4) is 0 Å². The van der Waals surface area contributed by atoms with Crippen LogP contribution < -0.4 is 9.80 Å². The maximum atomic E-state index is 2.63. The molecular weight excluding hydrogens is 721 g/mol. The standard InChI is InChI=1S/C53H52N2Si2/c1-37-17-15-23-43(33-37)54(41-19-11-9-12-20-41)45-27-31-47-39(35-45)25-29-49-50-30-26-40-36-46(55(42-21-13-10-14-22-42)44-24-16-18-38(2)34-44)28-32-48(40)52(50)53(51(47)49,56(3,4)5)57(6,7)8/h9-36H,1-8H3. The quantitative estimate of drug-likeness (QED) is 0.142. The zero-order chi connectivity index (χ0) is 39.7. The van der Waals surface area contributed by atoms with Crippen molar-refractivity contribution in [2.24, 2.45) is 0 Å². The van der Waals surface area contributed by atoms with Crippen LogP contribution in [-0.4, -0.2) is 16.1 Å². The van der Waals surface area contributed by atoms with Crippen molar-refractivity contribution in [3.8, 4) is 11.1 Å². The van der Waals surface area contributed by atoms with Gasteiger partial charge in [0.15, 0.2) is 0 Å². The molecule has 0 saturated heterocycles. The molecule has 1 aliphatic rings. The molecule has 8 aromatic carbocycles. The Hall–Kier alpha value is -5.69. The van der Waals surface area contributed by atoms with Gasteiger partial charge < -0.3 is 9.80 Å². The second-order valence-electron chi connectivity index (χ2n) is 18.1. The lowest BCUT2D eigenvalue weighted by molar-refractivity contribution is 0.972. The van der Waals surface area contributed by atoms with Crippen LogP contribution in [0.5, 0.6) is 0 Å². The number of hydrogen-bond acceptors (Lipinski definition) is 2. The molecule has 4 heteroatoms. The highest BCUT2D eigenvalue weighted by atomic mass is 28.4. The van der Waals surface area contributed by atoms with E-state index in [1.807, 2.05) is 0 Å². The number of benzene rings is 8. The van der Waals surface area contributed by atoms with E-state index in [-0.39, 0.29) is 4.66 Å². The number of nitrogens with zero attached hydrogens (tertiary/aromatic N) is 2. The minimum absolute atomic E-state index is 0.0297. The van der Waals surface area contributed by atoms with Gasteiger partial charge in [0, 0.05) is 38.8 Å². The van der Waals surface area contributed by atoms with Crippen LogP contribution >= 0.6 is 0 Å². The molecule has 2 nitrogen and oxygen atoms in total. The molecule has 282 valence electrons. The predicted octanol–water partition coefficient (Wildman–Crippen LogP) is 15.6. The van der Waals surface area contributed by atoms with Gasteiger partial charge in [-0.15, -0.1) is 0 Å². The van der Waals surface area contributed by atoms with Gasteiger partial charge in [0.2, 0.25) is 0 Å². The SMILES string of the molecule is Cc1cccc(N(c2ccccc2)c2ccc3c4c(ccc3c2)-c2ccc3cc(N(c5ccccc5)c5cccc(C)c5)ccc3c2C4([Si](C)(C)C)[Si](C)(C)C)c1.